The molecule has 3 rings (SSSR count). The first-order valence-corrected chi connectivity index (χ1v) is 11.3. The number of thiol groups is 2. The van der Waals surface area contributed by atoms with E-state index in [9.17, 15) is 5.11 Å². The van der Waals surface area contributed by atoms with Crippen LogP contribution in [0.25, 0.3) is 17.0 Å². The van der Waals surface area contributed by atoms with Crippen LogP contribution in [0.2, 0.25) is 0 Å². The highest BCUT2D eigenvalue weighted by Crippen LogP contribution is 2.39. The van der Waals surface area contributed by atoms with E-state index in [2.05, 4.69) is 4.98 Å². The Kier molecular flexibility index (Phi) is 8.64. The fraction of sp³-hybridized carbons (Fsp3) is 0.368. The smallest absolute Gasteiger partial charge is 0.402 e. The van der Waals surface area contributed by atoms with E-state index in [-0.39, 0.29) is 6.61 Å². The van der Waals surface area contributed by atoms with Gasteiger partial charge in [0.15, 0.2) is 5.52 Å². The van der Waals surface area contributed by atoms with E-state index in [0.29, 0.717) is 12.4 Å². The number of methoxy groups -OCH3 is 2. The molecule has 176 valence electrons. The molecule has 0 saturated heterocycles. The minimum absolute atomic E-state index is 0.0417. The zero-order chi connectivity index (χ0) is 24.3. The predicted molar refractivity (Wildman–Crippen MR) is 112 cm³/mol. The number of H-pyrrole nitrogens is 1. The van der Waals surface area contributed by atoms with Crippen molar-refractivity contribution in [1.82, 2.24) is 9.97 Å². The summed E-state index contributed by atoms with van der Waals surface area (Å²) in [5.74, 6) is 2.14. The number of nitrogens with one attached hydrogen (secondary N) is 1. The Hall–Kier alpha value is -1.77. The number of nitrogens with zero attached hydrogens (tertiary/aromatic N) is 2. The average molecular weight is 506 g/mol. The van der Waals surface area contributed by atoms with Crippen molar-refractivity contribution in [3.05, 3.63) is 41.2 Å². The topological polar surface area (TPSA) is 163 Å². The van der Waals surface area contributed by atoms with Crippen molar-refractivity contribution in [2.45, 2.75) is 24.3 Å². The lowest BCUT2D eigenvalue weighted by molar-refractivity contribution is -2.00. The van der Waals surface area contributed by atoms with Crippen molar-refractivity contribution < 1.29 is 48.0 Å². The maximum Gasteiger partial charge on any atom is 0.402 e. The zero-order valence-electron chi connectivity index (χ0n) is 17.8. The lowest BCUT2D eigenvalue weighted by atomic mass is 10.1. The number of pyridine rings is 1. The highest BCUT2D eigenvalue weighted by Gasteiger charge is 2.34. The van der Waals surface area contributed by atoms with Crippen molar-refractivity contribution in [2.75, 3.05) is 20.8 Å². The number of aromatic nitrogens is 3. The van der Waals surface area contributed by atoms with Gasteiger partial charge < -0.3 is 14.6 Å². The number of aromatic amines is 1. The van der Waals surface area contributed by atoms with E-state index in [1.54, 1.807) is 14.2 Å². The minimum Gasteiger partial charge on any atom is -0.497 e. The zero-order valence-corrected chi connectivity index (χ0v) is 20.3. The molecule has 0 radical (unpaired) electrons. The summed E-state index contributed by atoms with van der Waals surface area (Å²) < 4.78 is 45.9. The molecule has 0 aliphatic carbocycles. The Morgan fingerprint density at radius 2 is 1.78 bits per heavy atom. The Labute approximate surface area is 198 Å². The molecule has 0 unspecified atom stereocenters. The summed E-state index contributed by atoms with van der Waals surface area (Å²) in [6.07, 6.45) is 2.30. The highest BCUT2D eigenvalue weighted by molar-refractivity contribution is 7.99. The van der Waals surface area contributed by atoms with Crippen molar-refractivity contribution in [3.8, 4) is 17.4 Å². The molecule has 13 heteroatoms. The quantitative estimate of drug-likeness (QED) is 0.172. The van der Waals surface area contributed by atoms with Crippen LogP contribution in [0.15, 0.2) is 24.4 Å². The summed E-state index contributed by atoms with van der Waals surface area (Å²) >= 11 is 9.45. The van der Waals surface area contributed by atoms with Crippen molar-refractivity contribution in [3.63, 3.8) is 0 Å². The molecule has 0 bridgehead atoms. The molecule has 1 aromatic carbocycles. The molecule has 0 amide bonds. The normalized spacial score (nSPS) is 11.8. The molecule has 2 heterocycles. The number of benzene rings is 1. The van der Waals surface area contributed by atoms with Crippen LogP contribution in [0.4, 0.5) is 0 Å². The van der Waals surface area contributed by atoms with Gasteiger partial charge >= 0.3 is 5.95 Å². The summed E-state index contributed by atoms with van der Waals surface area (Å²) in [7, 11) is -1.68. The Morgan fingerprint density at radius 1 is 1.16 bits per heavy atom. The summed E-state index contributed by atoms with van der Waals surface area (Å²) in [6.45, 7) is 3.89. The van der Waals surface area contributed by atoms with E-state index in [4.69, 9.17) is 58.4 Å². The number of imidazole rings is 1. The third-order valence-electron chi connectivity index (χ3n) is 4.57. The van der Waals surface area contributed by atoms with Crippen LogP contribution in [0.5, 0.6) is 11.5 Å². The monoisotopic (exact) mass is 505 g/mol. The van der Waals surface area contributed by atoms with E-state index in [1.165, 1.54) is 0 Å². The first-order chi connectivity index (χ1) is 14.8. The van der Waals surface area contributed by atoms with Gasteiger partial charge in [0.2, 0.25) is 0 Å². The first-order valence-electron chi connectivity index (χ1n) is 9.14. The Morgan fingerprint density at radius 3 is 2.31 bits per heavy atom. The van der Waals surface area contributed by atoms with Gasteiger partial charge in [-0.25, -0.2) is 28.2 Å². The number of fused-ring (bicyclic) bond motifs is 1. The van der Waals surface area contributed by atoms with Gasteiger partial charge in [-0.15, -0.1) is 10.2 Å². The average Bonchev–Trinajstić information content (AvgIpc) is 3.09. The summed E-state index contributed by atoms with van der Waals surface area (Å²) in [4.78, 5) is 8.05. The van der Waals surface area contributed by atoms with Crippen LogP contribution in [0, 0.1) is 24.1 Å². The number of aliphatic hydroxyl groups excluding tert-OH is 1. The number of rotatable bonds is 6. The highest BCUT2D eigenvalue weighted by atomic mass is 35.7. The first kappa shape index (κ1) is 26.5. The molecule has 32 heavy (non-hydrogen) atoms. The van der Waals surface area contributed by atoms with Gasteiger partial charge in [-0.2, -0.15) is 25.3 Å². The largest absolute Gasteiger partial charge is 0.497 e. The van der Waals surface area contributed by atoms with E-state index >= 15 is 0 Å². The molecule has 0 atom stereocenters. The molecule has 3 aromatic rings. The second kappa shape index (κ2) is 10.4. The maximum absolute atomic E-state index is 9.49. The second-order valence-electron chi connectivity index (χ2n) is 6.80. The standard InChI is InChI=1S/C19H23N3O3S2.ClHO4/c1-11-10-22(17(12(2)16(11)25-4)19(26,27)7-8-23)18-20-14-6-5-13(24-3)9-15(14)21-18;2-1(3,4)5/h5-6,9-10,23H,7-8H2,1-4H3,(H2-,20,21,26,27);(H,2,3,4,5). The summed E-state index contributed by atoms with van der Waals surface area (Å²) in [5.41, 5.74) is 4.32. The van der Waals surface area contributed by atoms with Gasteiger partial charge in [-0.05, 0) is 26.0 Å². The lowest BCUT2D eigenvalue weighted by Gasteiger charge is -2.26. The fourth-order valence-electron chi connectivity index (χ4n) is 3.36. The molecule has 2 aromatic heterocycles. The van der Waals surface area contributed by atoms with Gasteiger partial charge in [0, 0.05) is 30.2 Å². The third kappa shape index (κ3) is 6.39. The SMILES string of the molecule is COc1ccc2[nH]c(-[n+]3cc(C)c(OC)c(C)c3C(S)(S)CCO)nc2c1.[O-][Cl+3]([O-])([O-])[O-]. The van der Waals surface area contributed by atoms with E-state index in [0.717, 1.165) is 39.4 Å². The number of hydrogen-bond donors (Lipinski definition) is 4. The fourth-order valence-corrected chi connectivity index (χ4v) is 4.11. The number of halogens is 1. The molecule has 10 nitrogen and oxygen atoms in total. The Balaban J connectivity index is 0.000000654. The van der Waals surface area contributed by atoms with Gasteiger partial charge in [0.25, 0.3) is 0 Å². The molecule has 0 spiro atoms. The van der Waals surface area contributed by atoms with Crippen molar-refractivity contribution >= 4 is 36.3 Å². The van der Waals surface area contributed by atoms with Gasteiger partial charge in [-0.1, -0.05) is 4.98 Å². The van der Waals surface area contributed by atoms with Crippen LogP contribution in [-0.2, 0) is 4.08 Å². The molecule has 0 aliphatic rings. The molecule has 0 saturated carbocycles. The number of hydrogen-bond acceptors (Lipinski definition) is 10. The summed E-state index contributed by atoms with van der Waals surface area (Å²) in [6, 6.07) is 5.69. The van der Waals surface area contributed by atoms with Crippen LogP contribution in [0.3, 0.4) is 0 Å². The van der Waals surface area contributed by atoms with Crippen LogP contribution < -0.4 is 32.7 Å². The maximum atomic E-state index is 9.49. The number of aryl methyl sites for hydroxylation is 1. The van der Waals surface area contributed by atoms with Gasteiger partial charge in [-0.3, -0.25) is 0 Å². The van der Waals surface area contributed by atoms with Crippen LogP contribution in [-0.4, -0.2) is 35.9 Å². The molecular formula is C19H24ClN3O7S2. The predicted octanol–water partition coefficient (Wildman–Crippen LogP) is -1.89. The molecular weight excluding hydrogens is 482 g/mol. The summed E-state index contributed by atoms with van der Waals surface area (Å²) in [5, 5.41) is 9.49. The number of aliphatic hydroxyl groups is 1. The lowest BCUT2D eigenvalue weighted by Crippen LogP contribution is -2.68. The Bertz CT molecular complexity index is 1080. The van der Waals surface area contributed by atoms with Crippen LogP contribution >= 0.6 is 25.3 Å². The minimum atomic E-state index is -4.94. The van der Waals surface area contributed by atoms with E-state index < -0.39 is 14.3 Å². The molecule has 0 aliphatic heterocycles. The third-order valence-corrected chi connectivity index (χ3v) is 5.44. The molecule has 0 fully saturated rings. The van der Waals surface area contributed by atoms with Crippen LogP contribution in [0.1, 0.15) is 23.2 Å². The van der Waals surface area contributed by atoms with E-state index in [1.807, 2.05) is 42.8 Å². The van der Waals surface area contributed by atoms with Crippen molar-refractivity contribution in [2.24, 2.45) is 0 Å². The molecule has 2 N–H and O–H groups in total. The van der Waals surface area contributed by atoms with Gasteiger partial charge in [0.1, 0.15) is 26.8 Å². The second-order valence-corrected chi connectivity index (χ2v) is 9.44. The van der Waals surface area contributed by atoms with Crippen molar-refractivity contribution in [1.29, 1.82) is 0 Å². The van der Waals surface area contributed by atoms with Gasteiger partial charge in [0.05, 0.1) is 20.4 Å². The number of ether oxygens (including phenoxy) is 2.